The highest BCUT2D eigenvalue weighted by Gasteiger charge is 2.28. The molecule has 6 nitrogen and oxygen atoms in total. The Morgan fingerprint density at radius 1 is 1.56 bits per heavy atom. The lowest BCUT2D eigenvalue weighted by atomic mass is 10.1. The number of carboxylic acid groups (broad SMARTS) is 1. The van der Waals surface area contributed by atoms with Gasteiger partial charge in [-0.2, -0.15) is 0 Å². The number of aromatic carboxylic acids is 1. The van der Waals surface area contributed by atoms with Gasteiger partial charge in [-0.1, -0.05) is 0 Å². The monoisotopic (exact) mass is 272 g/mol. The van der Waals surface area contributed by atoms with Crippen molar-refractivity contribution in [1.29, 1.82) is 0 Å². The molecule has 0 radical (unpaired) electrons. The van der Waals surface area contributed by atoms with Crippen LogP contribution in [0.2, 0.25) is 0 Å². The Hall–Kier alpha value is -1.47. The zero-order chi connectivity index (χ0) is 13.9. The van der Waals surface area contributed by atoms with Crippen molar-refractivity contribution in [3.8, 4) is 0 Å². The van der Waals surface area contributed by atoms with Crippen LogP contribution in [0.5, 0.6) is 0 Å². The van der Waals surface area contributed by atoms with Crippen molar-refractivity contribution in [1.82, 2.24) is 4.98 Å². The maximum Gasteiger partial charge on any atom is 0.355 e. The van der Waals surface area contributed by atoms with E-state index in [1.165, 1.54) is 5.38 Å². The molecule has 0 aliphatic heterocycles. The molecule has 0 aliphatic rings. The largest absolute Gasteiger partial charge is 0.476 e. The van der Waals surface area contributed by atoms with Crippen LogP contribution in [0.25, 0.3) is 0 Å². The fourth-order valence-corrected chi connectivity index (χ4v) is 2.11. The topological polar surface area (TPSA) is 103 Å². The standard InChI is InChI=1S/C11H16N2O4S/c1-11(2,3)17-10(16)6(4-12)8-13-7(5-18-8)9(14)15/h5-6H,4,12H2,1-3H3,(H,14,15). The molecule has 0 bridgehead atoms. The molecule has 1 heterocycles. The summed E-state index contributed by atoms with van der Waals surface area (Å²) < 4.78 is 5.22. The van der Waals surface area contributed by atoms with E-state index in [4.69, 9.17) is 15.6 Å². The number of aromatic nitrogens is 1. The Morgan fingerprint density at radius 3 is 2.56 bits per heavy atom. The molecule has 3 N–H and O–H groups in total. The minimum Gasteiger partial charge on any atom is -0.476 e. The molecule has 1 aromatic rings. The third kappa shape index (κ3) is 3.78. The zero-order valence-corrected chi connectivity index (χ0v) is 11.3. The van der Waals surface area contributed by atoms with Gasteiger partial charge in [-0.05, 0) is 20.8 Å². The number of rotatable bonds is 4. The molecule has 0 amide bonds. The summed E-state index contributed by atoms with van der Waals surface area (Å²) in [6, 6.07) is 0. The van der Waals surface area contributed by atoms with Gasteiger partial charge in [0.1, 0.15) is 16.5 Å². The Morgan fingerprint density at radius 2 is 2.17 bits per heavy atom. The van der Waals surface area contributed by atoms with Crippen LogP contribution in [0.1, 0.15) is 42.2 Å². The van der Waals surface area contributed by atoms with Crippen molar-refractivity contribution in [3.05, 3.63) is 16.1 Å². The van der Waals surface area contributed by atoms with Crippen LogP contribution in [-0.4, -0.2) is 34.2 Å². The predicted octanol–water partition coefficient (Wildman–Crippen LogP) is 1.23. The quantitative estimate of drug-likeness (QED) is 0.799. The normalized spacial score (nSPS) is 13.1. The van der Waals surface area contributed by atoms with Crippen LogP contribution in [-0.2, 0) is 9.53 Å². The number of ether oxygens (including phenoxy) is 1. The first-order valence-electron chi connectivity index (χ1n) is 5.36. The first-order chi connectivity index (χ1) is 8.24. The Bertz CT molecular complexity index is 450. The van der Waals surface area contributed by atoms with E-state index in [2.05, 4.69) is 4.98 Å². The number of carbonyl (C=O) groups is 2. The lowest BCUT2D eigenvalue weighted by molar-refractivity contribution is -0.156. The molecule has 1 unspecified atom stereocenters. The molecule has 1 rings (SSSR count). The third-order valence-electron chi connectivity index (χ3n) is 1.97. The van der Waals surface area contributed by atoms with Crippen molar-refractivity contribution >= 4 is 23.3 Å². The summed E-state index contributed by atoms with van der Waals surface area (Å²) >= 11 is 1.09. The minimum absolute atomic E-state index is 0.0293. The Kier molecular flexibility index (Phi) is 4.42. The van der Waals surface area contributed by atoms with Crippen LogP contribution < -0.4 is 5.73 Å². The number of nitrogens with zero attached hydrogens (tertiary/aromatic N) is 1. The smallest absolute Gasteiger partial charge is 0.355 e. The number of thiazole rings is 1. The van der Waals surface area contributed by atoms with E-state index in [0.29, 0.717) is 5.01 Å². The van der Waals surface area contributed by atoms with E-state index in [-0.39, 0.29) is 12.2 Å². The molecular weight excluding hydrogens is 256 g/mol. The molecule has 0 aliphatic carbocycles. The highest BCUT2D eigenvalue weighted by molar-refractivity contribution is 7.10. The van der Waals surface area contributed by atoms with Crippen molar-refractivity contribution in [2.45, 2.75) is 32.3 Å². The molecule has 1 aromatic heterocycles. The van der Waals surface area contributed by atoms with Gasteiger partial charge in [0.2, 0.25) is 0 Å². The van der Waals surface area contributed by atoms with E-state index in [9.17, 15) is 9.59 Å². The fraction of sp³-hybridized carbons (Fsp3) is 0.545. The summed E-state index contributed by atoms with van der Waals surface area (Å²) in [6.07, 6.45) is 0. The van der Waals surface area contributed by atoms with Gasteiger partial charge in [0.25, 0.3) is 0 Å². The first kappa shape index (κ1) is 14.6. The van der Waals surface area contributed by atoms with E-state index in [1.54, 1.807) is 20.8 Å². The molecule has 0 saturated carbocycles. The van der Waals surface area contributed by atoms with Crippen LogP contribution in [0.3, 0.4) is 0 Å². The molecule has 0 saturated heterocycles. The molecule has 7 heteroatoms. The Balaban J connectivity index is 2.88. The number of nitrogens with two attached hydrogens (primary N) is 1. The molecule has 0 spiro atoms. The number of carbonyl (C=O) groups excluding carboxylic acids is 1. The SMILES string of the molecule is CC(C)(C)OC(=O)C(CN)c1nc(C(=O)O)cs1. The maximum absolute atomic E-state index is 11.9. The lowest BCUT2D eigenvalue weighted by Gasteiger charge is -2.22. The van der Waals surface area contributed by atoms with Crippen molar-refractivity contribution in [2.24, 2.45) is 5.73 Å². The molecular formula is C11H16N2O4S. The average Bonchev–Trinajstić information content (AvgIpc) is 2.65. The van der Waals surface area contributed by atoms with Crippen LogP contribution in [0, 0.1) is 0 Å². The molecule has 1 atom stereocenters. The van der Waals surface area contributed by atoms with Gasteiger partial charge in [-0.25, -0.2) is 9.78 Å². The summed E-state index contributed by atoms with van der Waals surface area (Å²) in [6.45, 7) is 5.29. The van der Waals surface area contributed by atoms with Crippen LogP contribution >= 0.6 is 11.3 Å². The lowest BCUT2D eigenvalue weighted by Crippen LogP contribution is -2.31. The second kappa shape index (κ2) is 5.45. The highest BCUT2D eigenvalue weighted by Crippen LogP contribution is 2.23. The first-order valence-corrected chi connectivity index (χ1v) is 6.24. The third-order valence-corrected chi connectivity index (χ3v) is 2.92. The fourth-order valence-electron chi connectivity index (χ4n) is 1.22. The van der Waals surface area contributed by atoms with Gasteiger partial charge in [0.05, 0.1) is 0 Å². The molecule has 0 fully saturated rings. The number of carboxylic acids is 1. The average molecular weight is 272 g/mol. The van der Waals surface area contributed by atoms with E-state index < -0.39 is 23.5 Å². The molecule has 18 heavy (non-hydrogen) atoms. The predicted molar refractivity (Wildman–Crippen MR) is 66.7 cm³/mol. The number of hydrogen-bond acceptors (Lipinski definition) is 6. The number of esters is 1. The summed E-state index contributed by atoms with van der Waals surface area (Å²) in [7, 11) is 0. The zero-order valence-electron chi connectivity index (χ0n) is 10.5. The van der Waals surface area contributed by atoms with Crippen molar-refractivity contribution in [3.63, 3.8) is 0 Å². The minimum atomic E-state index is -1.13. The second-order valence-corrected chi connectivity index (χ2v) is 5.59. The summed E-state index contributed by atoms with van der Waals surface area (Å²) in [4.78, 5) is 26.5. The van der Waals surface area contributed by atoms with E-state index >= 15 is 0 Å². The van der Waals surface area contributed by atoms with Gasteiger partial charge in [-0.15, -0.1) is 11.3 Å². The molecule has 100 valence electrons. The van der Waals surface area contributed by atoms with Crippen LogP contribution in [0.4, 0.5) is 0 Å². The van der Waals surface area contributed by atoms with Gasteiger partial charge in [0.15, 0.2) is 5.69 Å². The van der Waals surface area contributed by atoms with Gasteiger partial charge in [0, 0.05) is 11.9 Å². The second-order valence-electron chi connectivity index (χ2n) is 4.70. The van der Waals surface area contributed by atoms with E-state index in [1.807, 2.05) is 0 Å². The van der Waals surface area contributed by atoms with Crippen molar-refractivity contribution < 1.29 is 19.4 Å². The maximum atomic E-state index is 11.9. The summed E-state index contributed by atoms with van der Waals surface area (Å²) in [5.74, 6) is -2.34. The van der Waals surface area contributed by atoms with E-state index in [0.717, 1.165) is 11.3 Å². The highest BCUT2D eigenvalue weighted by atomic mass is 32.1. The van der Waals surface area contributed by atoms with Gasteiger partial charge >= 0.3 is 11.9 Å². The van der Waals surface area contributed by atoms with Gasteiger partial charge < -0.3 is 15.6 Å². The summed E-state index contributed by atoms with van der Waals surface area (Å²) in [5, 5.41) is 10.5. The van der Waals surface area contributed by atoms with Crippen LogP contribution in [0.15, 0.2) is 5.38 Å². The Labute approximate surface area is 109 Å². The van der Waals surface area contributed by atoms with Crippen molar-refractivity contribution in [2.75, 3.05) is 6.54 Å². The molecule has 0 aromatic carbocycles. The number of hydrogen-bond donors (Lipinski definition) is 2. The summed E-state index contributed by atoms with van der Waals surface area (Å²) in [5.41, 5.74) is 4.83. The van der Waals surface area contributed by atoms with Gasteiger partial charge in [-0.3, -0.25) is 4.79 Å².